The molecule has 0 spiro atoms. The minimum absolute atomic E-state index is 0.146. The van der Waals surface area contributed by atoms with Gasteiger partial charge in [-0.2, -0.15) is 0 Å². The van der Waals surface area contributed by atoms with Crippen LogP contribution in [-0.4, -0.2) is 30.1 Å². The van der Waals surface area contributed by atoms with Gasteiger partial charge in [-0.25, -0.2) is 0 Å². The summed E-state index contributed by atoms with van der Waals surface area (Å²) in [4.78, 5) is 4.11. The van der Waals surface area contributed by atoms with E-state index >= 15 is 0 Å². The number of rotatable bonds is 4. The number of hydrogen-bond acceptors (Lipinski definition) is 3. The third-order valence-electron chi connectivity index (χ3n) is 2.90. The predicted molar refractivity (Wildman–Crippen MR) is 66.7 cm³/mol. The van der Waals surface area contributed by atoms with Crippen molar-refractivity contribution in [2.24, 2.45) is 4.99 Å². The van der Waals surface area contributed by atoms with Crippen LogP contribution in [0.2, 0.25) is 0 Å². The van der Waals surface area contributed by atoms with Gasteiger partial charge >= 0.3 is 0 Å². The Hall–Kier alpha value is -1.09. The van der Waals surface area contributed by atoms with Gasteiger partial charge in [0, 0.05) is 7.05 Å². The second kappa shape index (κ2) is 6.48. The van der Waals surface area contributed by atoms with E-state index in [9.17, 15) is 5.11 Å². The van der Waals surface area contributed by atoms with Crippen LogP contribution < -0.4 is 0 Å². The molecule has 0 heterocycles. The average molecular weight is 223 g/mol. The molecule has 0 unspecified atom stereocenters. The highest BCUT2D eigenvalue weighted by Crippen LogP contribution is 2.23. The molecule has 3 nitrogen and oxygen atoms in total. The molecule has 1 aliphatic rings. The topological polar surface area (TPSA) is 41.8 Å². The van der Waals surface area contributed by atoms with Crippen molar-refractivity contribution in [1.82, 2.24) is 0 Å². The Labute approximate surface area is 97.5 Å². The highest BCUT2D eigenvalue weighted by atomic mass is 16.5. The number of ether oxygens (including phenoxy) is 1. The SMILES string of the molecule is C=C/C=C(/OC1CCC(O)CC1)C(C)=NC. The van der Waals surface area contributed by atoms with E-state index in [1.54, 1.807) is 13.1 Å². The molecule has 0 aliphatic heterocycles. The smallest absolute Gasteiger partial charge is 0.140 e. The molecule has 0 aromatic rings. The molecule has 0 bridgehead atoms. The normalized spacial score (nSPS) is 27.7. The first-order valence-electron chi connectivity index (χ1n) is 5.78. The van der Waals surface area contributed by atoms with Crippen molar-refractivity contribution in [2.75, 3.05) is 7.05 Å². The minimum atomic E-state index is -0.146. The number of aliphatic hydroxyl groups excluding tert-OH is 1. The highest BCUT2D eigenvalue weighted by molar-refractivity contribution is 5.96. The van der Waals surface area contributed by atoms with Crippen LogP contribution in [0.25, 0.3) is 0 Å². The first-order valence-corrected chi connectivity index (χ1v) is 5.78. The molecular formula is C13H21NO2. The molecular weight excluding hydrogens is 202 g/mol. The van der Waals surface area contributed by atoms with Gasteiger partial charge in [-0.15, -0.1) is 0 Å². The second-order valence-corrected chi connectivity index (χ2v) is 4.12. The van der Waals surface area contributed by atoms with Crippen LogP contribution in [0.3, 0.4) is 0 Å². The summed E-state index contributed by atoms with van der Waals surface area (Å²) in [6.45, 7) is 5.59. The van der Waals surface area contributed by atoms with Gasteiger partial charge in [-0.1, -0.05) is 12.7 Å². The molecule has 0 aromatic heterocycles. The fourth-order valence-electron chi connectivity index (χ4n) is 1.81. The van der Waals surface area contributed by atoms with Crippen molar-refractivity contribution in [2.45, 2.75) is 44.8 Å². The third-order valence-corrected chi connectivity index (χ3v) is 2.90. The fourth-order valence-corrected chi connectivity index (χ4v) is 1.81. The van der Waals surface area contributed by atoms with E-state index in [4.69, 9.17) is 4.74 Å². The lowest BCUT2D eigenvalue weighted by Gasteiger charge is -2.27. The number of hydrogen-bond donors (Lipinski definition) is 1. The Kier molecular flexibility index (Phi) is 5.26. The van der Waals surface area contributed by atoms with Crippen LogP contribution in [0, 0.1) is 0 Å². The molecule has 3 heteroatoms. The predicted octanol–water partition coefficient (Wildman–Crippen LogP) is 2.47. The largest absolute Gasteiger partial charge is 0.489 e. The molecule has 1 aliphatic carbocycles. The standard InChI is InChI=1S/C13H21NO2/c1-4-5-13(10(2)14-3)16-12-8-6-11(15)7-9-12/h4-5,11-12,15H,1,6-9H2,2-3H3/b13-5+,14-10?. The molecule has 16 heavy (non-hydrogen) atoms. The molecule has 1 N–H and O–H groups in total. The minimum Gasteiger partial charge on any atom is -0.489 e. The lowest BCUT2D eigenvalue weighted by molar-refractivity contribution is 0.0378. The van der Waals surface area contributed by atoms with Gasteiger partial charge in [0.15, 0.2) is 0 Å². The maximum Gasteiger partial charge on any atom is 0.140 e. The Morgan fingerprint density at radius 1 is 1.38 bits per heavy atom. The summed E-state index contributed by atoms with van der Waals surface area (Å²) >= 11 is 0. The van der Waals surface area contributed by atoms with Gasteiger partial charge in [0.1, 0.15) is 5.76 Å². The van der Waals surface area contributed by atoms with E-state index in [0.29, 0.717) is 0 Å². The average Bonchev–Trinajstić information content (AvgIpc) is 2.30. The Balaban J connectivity index is 2.56. The van der Waals surface area contributed by atoms with Gasteiger partial charge in [0.2, 0.25) is 0 Å². The maximum absolute atomic E-state index is 9.41. The second-order valence-electron chi connectivity index (χ2n) is 4.12. The van der Waals surface area contributed by atoms with E-state index in [-0.39, 0.29) is 12.2 Å². The van der Waals surface area contributed by atoms with Gasteiger partial charge in [-0.3, -0.25) is 4.99 Å². The maximum atomic E-state index is 9.41. The lowest BCUT2D eigenvalue weighted by Crippen LogP contribution is -2.25. The van der Waals surface area contributed by atoms with Crippen molar-refractivity contribution in [3.8, 4) is 0 Å². The summed E-state index contributed by atoms with van der Waals surface area (Å²) in [5.74, 6) is 0.791. The van der Waals surface area contributed by atoms with Crippen molar-refractivity contribution < 1.29 is 9.84 Å². The molecule has 1 fully saturated rings. The fraction of sp³-hybridized carbons (Fsp3) is 0.615. The van der Waals surface area contributed by atoms with Crippen molar-refractivity contribution >= 4 is 5.71 Å². The number of aliphatic imine (C=N–C) groups is 1. The third kappa shape index (κ3) is 3.81. The Morgan fingerprint density at radius 2 is 2.00 bits per heavy atom. The summed E-state index contributed by atoms with van der Waals surface area (Å²) in [5.41, 5.74) is 0.881. The van der Waals surface area contributed by atoms with Crippen LogP contribution in [-0.2, 0) is 4.74 Å². The van der Waals surface area contributed by atoms with Crippen LogP contribution in [0.4, 0.5) is 0 Å². The van der Waals surface area contributed by atoms with Crippen LogP contribution >= 0.6 is 0 Å². The van der Waals surface area contributed by atoms with Crippen LogP contribution in [0.15, 0.2) is 29.5 Å². The summed E-state index contributed by atoms with van der Waals surface area (Å²) in [5, 5.41) is 9.41. The van der Waals surface area contributed by atoms with Gasteiger partial charge in [-0.05, 0) is 38.7 Å². The molecule has 1 saturated carbocycles. The molecule has 0 radical (unpaired) electrons. The number of allylic oxidation sites excluding steroid dienone is 3. The van der Waals surface area contributed by atoms with Crippen LogP contribution in [0.1, 0.15) is 32.6 Å². The van der Waals surface area contributed by atoms with E-state index in [1.807, 2.05) is 13.0 Å². The molecule has 0 amide bonds. The zero-order chi connectivity index (χ0) is 12.0. The quantitative estimate of drug-likeness (QED) is 0.452. The van der Waals surface area contributed by atoms with E-state index < -0.39 is 0 Å². The summed E-state index contributed by atoms with van der Waals surface area (Å²) in [7, 11) is 1.75. The Bertz CT molecular complexity index is 286. The van der Waals surface area contributed by atoms with Crippen molar-refractivity contribution in [3.63, 3.8) is 0 Å². The molecule has 90 valence electrons. The number of aliphatic hydroxyl groups is 1. The first kappa shape index (κ1) is 13.0. The van der Waals surface area contributed by atoms with Gasteiger partial charge < -0.3 is 9.84 Å². The van der Waals surface area contributed by atoms with Gasteiger partial charge in [0.05, 0.1) is 17.9 Å². The van der Waals surface area contributed by atoms with Crippen molar-refractivity contribution in [3.05, 3.63) is 24.5 Å². The summed E-state index contributed by atoms with van der Waals surface area (Å²) in [6, 6.07) is 0. The van der Waals surface area contributed by atoms with E-state index in [1.165, 1.54) is 0 Å². The highest BCUT2D eigenvalue weighted by Gasteiger charge is 2.21. The monoisotopic (exact) mass is 223 g/mol. The summed E-state index contributed by atoms with van der Waals surface area (Å²) < 4.78 is 5.88. The van der Waals surface area contributed by atoms with Gasteiger partial charge in [0.25, 0.3) is 0 Å². The number of nitrogens with zero attached hydrogens (tertiary/aromatic N) is 1. The van der Waals surface area contributed by atoms with E-state index in [0.717, 1.165) is 37.2 Å². The molecule has 1 rings (SSSR count). The van der Waals surface area contributed by atoms with Crippen molar-refractivity contribution in [1.29, 1.82) is 0 Å². The molecule has 0 saturated heterocycles. The zero-order valence-electron chi connectivity index (χ0n) is 10.1. The lowest BCUT2D eigenvalue weighted by atomic mass is 9.95. The Morgan fingerprint density at radius 3 is 2.50 bits per heavy atom. The molecule has 0 aromatic carbocycles. The zero-order valence-corrected chi connectivity index (χ0v) is 10.1. The molecule has 0 atom stereocenters. The first-order chi connectivity index (χ1) is 7.67. The van der Waals surface area contributed by atoms with E-state index in [2.05, 4.69) is 11.6 Å². The summed E-state index contributed by atoms with van der Waals surface area (Å²) in [6.07, 6.45) is 7.08. The van der Waals surface area contributed by atoms with Crippen LogP contribution in [0.5, 0.6) is 0 Å².